The lowest BCUT2D eigenvalue weighted by atomic mass is 10.2. The number of pyridine rings is 1. The van der Waals surface area contributed by atoms with Crippen molar-refractivity contribution in [2.24, 2.45) is 0 Å². The first-order valence-electron chi connectivity index (χ1n) is 5.51. The molecule has 0 unspecified atom stereocenters. The lowest BCUT2D eigenvalue weighted by Gasteiger charge is -2.11. The van der Waals surface area contributed by atoms with Gasteiger partial charge in [-0.1, -0.05) is 23.2 Å². The number of anilines is 2. The van der Waals surface area contributed by atoms with Crippen molar-refractivity contribution in [1.82, 2.24) is 4.98 Å². The van der Waals surface area contributed by atoms with Crippen molar-refractivity contribution < 1.29 is 13.2 Å². The fraction of sp³-hybridized carbons (Fsp3) is 0.0769. The van der Waals surface area contributed by atoms with Crippen LogP contribution in [0.25, 0.3) is 0 Å². The number of nitrogens with zero attached hydrogens (tertiary/aromatic N) is 2. The summed E-state index contributed by atoms with van der Waals surface area (Å²) < 4.78 is 38.1. The van der Waals surface area contributed by atoms with Crippen LogP contribution in [0.3, 0.4) is 0 Å². The van der Waals surface area contributed by atoms with Crippen LogP contribution in [0.4, 0.5) is 24.7 Å². The minimum Gasteiger partial charge on any atom is -0.339 e. The van der Waals surface area contributed by atoms with E-state index in [0.717, 1.165) is 12.1 Å². The molecule has 21 heavy (non-hydrogen) atoms. The zero-order valence-electron chi connectivity index (χ0n) is 10.2. The highest BCUT2D eigenvalue weighted by Crippen LogP contribution is 2.33. The Balaban J connectivity index is 2.43. The molecule has 0 aliphatic carbocycles. The van der Waals surface area contributed by atoms with E-state index in [1.54, 1.807) is 0 Å². The van der Waals surface area contributed by atoms with Crippen LogP contribution in [-0.2, 0) is 6.18 Å². The monoisotopic (exact) mass is 331 g/mol. The maximum atomic E-state index is 12.7. The number of aromatic nitrogens is 1. The average molecular weight is 332 g/mol. The molecule has 0 aliphatic rings. The number of alkyl halides is 3. The molecule has 0 radical (unpaired) electrons. The summed E-state index contributed by atoms with van der Waals surface area (Å²) in [7, 11) is 0. The van der Waals surface area contributed by atoms with Crippen LogP contribution in [0.5, 0.6) is 0 Å². The smallest absolute Gasteiger partial charge is 0.339 e. The molecule has 0 fully saturated rings. The standard InChI is InChI=1S/C13H6Cl2F3N3/c14-9-2-1-7(6-19)10(5-9)20-12-4-8(13(16,17)18)3-11(15)21-12/h1-5H,(H,20,21). The predicted octanol–water partition coefficient (Wildman–Crippen LogP) is 5.02. The van der Waals surface area contributed by atoms with Gasteiger partial charge in [0.15, 0.2) is 0 Å². The Kier molecular flexibility index (Phi) is 4.26. The Morgan fingerprint density at radius 2 is 1.86 bits per heavy atom. The third-order valence-electron chi connectivity index (χ3n) is 2.49. The van der Waals surface area contributed by atoms with Gasteiger partial charge in [0.2, 0.25) is 0 Å². The molecule has 0 aliphatic heterocycles. The Morgan fingerprint density at radius 1 is 1.14 bits per heavy atom. The number of nitriles is 1. The summed E-state index contributed by atoms with van der Waals surface area (Å²) >= 11 is 11.4. The molecule has 0 atom stereocenters. The van der Waals surface area contributed by atoms with E-state index in [2.05, 4.69) is 10.3 Å². The van der Waals surface area contributed by atoms with Gasteiger partial charge in [0.25, 0.3) is 0 Å². The maximum absolute atomic E-state index is 12.7. The summed E-state index contributed by atoms with van der Waals surface area (Å²) in [6, 6.07) is 7.77. The van der Waals surface area contributed by atoms with Crippen LogP contribution in [0.15, 0.2) is 30.3 Å². The first kappa shape index (κ1) is 15.4. The second kappa shape index (κ2) is 5.80. The Hall–Kier alpha value is -1.97. The van der Waals surface area contributed by atoms with Crippen LogP contribution < -0.4 is 5.32 Å². The van der Waals surface area contributed by atoms with Crippen LogP contribution in [-0.4, -0.2) is 4.98 Å². The van der Waals surface area contributed by atoms with Crippen molar-refractivity contribution in [1.29, 1.82) is 5.26 Å². The molecule has 8 heteroatoms. The van der Waals surface area contributed by atoms with Gasteiger partial charge in [-0.15, -0.1) is 0 Å². The lowest BCUT2D eigenvalue weighted by Crippen LogP contribution is -2.07. The van der Waals surface area contributed by atoms with Crippen LogP contribution in [0, 0.1) is 11.3 Å². The SMILES string of the molecule is N#Cc1ccc(Cl)cc1Nc1cc(C(F)(F)F)cc(Cl)n1. The zero-order valence-corrected chi connectivity index (χ0v) is 11.7. The van der Waals surface area contributed by atoms with Gasteiger partial charge in [-0.2, -0.15) is 18.4 Å². The van der Waals surface area contributed by atoms with Crippen LogP contribution in [0.1, 0.15) is 11.1 Å². The number of benzene rings is 1. The van der Waals surface area contributed by atoms with E-state index in [1.807, 2.05) is 6.07 Å². The molecule has 1 N–H and O–H groups in total. The first-order valence-corrected chi connectivity index (χ1v) is 6.26. The Bertz CT molecular complexity index is 724. The molecule has 1 aromatic heterocycles. The van der Waals surface area contributed by atoms with Gasteiger partial charge >= 0.3 is 6.18 Å². The van der Waals surface area contributed by atoms with Gasteiger partial charge in [0.1, 0.15) is 17.0 Å². The Labute approximate surface area is 127 Å². The molecule has 0 saturated heterocycles. The summed E-state index contributed by atoms with van der Waals surface area (Å²) in [4.78, 5) is 3.75. The number of halogens is 5. The molecule has 2 rings (SSSR count). The van der Waals surface area contributed by atoms with Crippen molar-refractivity contribution in [2.45, 2.75) is 6.18 Å². The first-order chi connectivity index (χ1) is 9.79. The molecule has 108 valence electrons. The second-order valence-electron chi connectivity index (χ2n) is 3.99. The van der Waals surface area contributed by atoms with E-state index < -0.39 is 11.7 Å². The number of hydrogen-bond donors (Lipinski definition) is 1. The highest BCUT2D eigenvalue weighted by molar-refractivity contribution is 6.31. The third kappa shape index (κ3) is 3.78. The topological polar surface area (TPSA) is 48.7 Å². The quantitative estimate of drug-likeness (QED) is 0.786. The number of hydrogen-bond acceptors (Lipinski definition) is 3. The van der Waals surface area contributed by atoms with E-state index in [1.165, 1.54) is 18.2 Å². The summed E-state index contributed by atoms with van der Waals surface area (Å²) in [6.07, 6.45) is -4.55. The minimum atomic E-state index is -4.55. The second-order valence-corrected chi connectivity index (χ2v) is 4.81. The van der Waals surface area contributed by atoms with E-state index in [4.69, 9.17) is 28.5 Å². The largest absolute Gasteiger partial charge is 0.416 e. The zero-order chi connectivity index (χ0) is 15.6. The molecular weight excluding hydrogens is 326 g/mol. The van der Waals surface area contributed by atoms with Gasteiger partial charge in [0.05, 0.1) is 16.8 Å². The maximum Gasteiger partial charge on any atom is 0.416 e. The molecule has 0 spiro atoms. The van der Waals surface area contributed by atoms with Gasteiger partial charge in [-0.3, -0.25) is 0 Å². The van der Waals surface area contributed by atoms with E-state index in [0.29, 0.717) is 5.02 Å². The molecule has 0 amide bonds. The minimum absolute atomic E-state index is 0.131. The fourth-order valence-corrected chi connectivity index (χ4v) is 1.96. The van der Waals surface area contributed by atoms with Crippen molar-refractivity contribution in [2.75, 3.05) is 5.32 Å². The number of rotatable bonds is 2. The van der Waals surface area contributed by atoms with Crippen molar-refractivity contribution in [3.05, 3.63) is 51.6 Å². The van der Waals surface area contributed by atoms with Crippen molar-refractivity contribution in [3.8, 4) is 6.07 Å². The normalized spacial score (nSPS) is 11.0. The number of nitrogens with one attached hydrogen (secondary N) is 1. The molecule has 0 bridgehead atoms. The van der Waals surface area contributed by atoms with Gasteiger partial charge in [-0.25, -0.2) is 4.98 Å². The average Bonchev–Trinajstić information content (AvgIpc) is 2.37. The molecule has 0 saturated carbocycles. The van der Waals surface area contributed by atoms with Crippen molar-refractivity contribution >= 4 is 34.7 Å². The highest BCUT2D eigenvalue weighted by atomic mass is 35.5. The summed E-state index contributed by atoms with van der Waals surface area (Å²) in [5.41, 5.74) is -0.479. The predicted molar refractivity (Wildman–Crippen MR) is 73.7 cm³/mol. The van der Waals surface area contributed by atoms with Crippen molar-refractivity contribution in [3.63, 3.8) is 0 Å². The highest BCUT2D eigenvalue weighted by Gasteiger charge is 2.31. The molecular formula is C13H6Cl2F3N3. The lowest BCUT2D eigenvalue weighted by molar-refractivity contribution is -0.137. The van der Waals surface area contributed by atoms with E-state index in [-0.39, 0.29) is 22.2 Å². The summed E-state index contributed by atoms with van der Waals surface area (Å²) in [6.45, 7) is 0. The van der Waals surface area contributed by atoms with Gasteiger partial charge in [-0.05, 0) is 30.3 Å². The van der Waals surface area contributed by atoms with Crippen LogP contribution in [0.2, 0.25) is 10.2 Å². The summed E-state index contributed by atoms with van der Waals surface area (Å²) in [5, 5.41) is 11.6. The van der Waals surface area contributed by atoms with Gasteiger partial charge in [0, 0.05) is 5.02 Å². The Morgan fingerprint density at radius 3 is 2.48 bits per heavy atom. The summed E-state index contributed by atoms with van der Waals surface area (Å²) in [5.74, 6) is -0.131. The molecule has 1 heterocycles. The molecule has 1 aromatic carbocycles. The van der Waals surface area contributed by atoms with E-state index in [9.17, 15) is 13.2 Å². The third-order valence-corrected chi connectivity index (χ3v) is 2.91. The molecule has 2 aromatic rings. The van der Waals surface area contributed by atoms with Gasteiger partial charge < -0.3 is 5.32 Å². The molecule has 3 nitrogen and oxygen atoms in total. The van der Waals surface area contributed by atoms with Crippen LogP contribution >= 0.6 is 23.2 Å². The fourth-order valence-electron chi connectivity index (χ4n) is 1.58. The van der Waals surface area contributed by atoms with E-state index >= 15 is 0 Å².